The second-order valence-electron chi connectivity index (χ2n) is 8.35. The number of rotatable bonds is 7. The summed E-state index contributed by atoms with van der Waals surface area (Å²) in [5.74, 6) is 0.787. The quantitative estimate of drug-likeness (QED) is 0.638. The summed E-state index contributed by atoms with van der Waals surface area (Å²) >= 11 is 0. The monoisotopic (exact) mass is 391 g/mol. The molecular weight excluding hydrogens is 362 g/mol. The summed E-state index contributed by atoms with van der Waals surface area (Å²) in [7, 11) is 1.89. The van der Waals surface area contributed by atoms with Gasteiger partial charge in [-0.2, -0.15) is 5.10 Å². The highest BCUT2D eigenvalue weighted by Crippen LogP contribution is 2.40. The number of aryl methyl sites for hydroxylation is 2. The molecule has 0 spiro atoms. The van der Waals surface area contributed by atoms with Gasteiger partial charge in [-0.1, -0.05) is 32.0 Å². The van der Waals surface area contributed by atoms with E-state index >= 15 is 0 Å². The zero-order valence-corrected chi connectivity index (χ0v) is 17.6. The lowest BCUT2D eigenvalue weighted by molar-refractivity contribution is 0.0951. The topological polar surface area (TPSA) is 71.8 Å². The standard InChI is InChI=1S/C23H29N5O/c1-14(2)20(25-17-8-6-5-7-9-17)13-24-23(29)18-12-19(16-10-11-16)26-22-21(18)15(3)27-28(22)4/h5-9,12,14,16,20,25H,10-11,13H2,1-4H3,(H,24,29)/t20-/m1/s1. The van der Waals surface area contributed by atoms with Crippen LogP contribution in [-0.4, -0.2) is 33.3 Å². The molecule has 0 bridgehead atoms. The molecule has 1 atom stereocenters. The lowest BCUT2D eigenvalue weighted by atomic mass is 10.0. The van der Waals surface area contributed by atoms with E-state index in [0.717, 1.165) is 41.0 Å². The van der Waals surface area contributed by atoms with Crippen LogP contribution in [0.5, 0.6) is 0 Å². The molecule has 3 aromatic rings. The van der Waals surface area contributed by atoms with Gasteiger partial charge in [-0.3, -0.25) is 9.48 Å². The lowest BCUT2D eigenvalue weighted by Crippen LogP contribution is -2.39. The molecule has 2 aromatic heterocycles. The summed E-state index contributed by atoms with van der Waals surface area (Å²) < 4.78 is 1.78. The molecule has 1 aliphatic carbocycles. The van der Waals surface area contributed by atoms with Crippen LogP contribution in [0.2, 0.25) is 0 Å². The summed E-state index contributed by atoms with van der Waals surface area (Å²) in [6.45, 7) is 6.81. The van der Waals surface area contributed by atoms with Gasteiger partial charge in [-0.25, -0.2) is 4.98 Å². The van der Waals surface area contributed by atoms with Gasteiger partial charge >= 0.3 is 0 Å². The van der Waals surface area contributed by atoms with E-state index in [0.29, 0.717) is 23.9 Å². The van der Waals surface area contributed by atoms with E-state index in [1.807, 2.05) is 50.4 Å². The average Bonchev–Trinajstić information content (AvgIpc) is 3.51. The van der Waals surface area contributed by atoms with Gasteiger partial charge in [0.1, 0.15) is 0 Å². The van der Waals surface area contributed by atoms with E-state index in [-0.39, 0.29) is 11.9 Å². The zero-order chi connectivity index (χ0) is 20.5. The molecule has 6 heteroatoms. The Bertz CT molecular complexity index is 1020. The number of nitrogens with one attached hydrogen (secondary N) is 2. The predicted molar refractivity (Wildman–Crippen MR) is 116 cm³/mol. The van der Waals surface area contributed by atoms with E-state index in [1.165, 1.54) is 0 Å². The molecule has 1 aliphatic rings. The third-order valence-electron chi connectivity index (χ3n) is 5.64. The molecule has 1 amide bonds. The molecule has 0 aliphatic heterocycles. The summed E-state index contributed by atoms with van der Waals surface area (Å²) in [6.07, 6.45) is 2.29. The van der Waals surface area contributed by atoms with Gasteiger partial charge < -0.3 is 10.6 Å². The Morgan fingerprint density at radius 3 is 2.62 bits per heavy atom. The lowest BCUT2D eigenvalue weighted by Gasteiger charge is -2.24. The van der Waals surface area contributed by atoms with Crippen molar-refractivity contribution in [1.29, 1.82) is 0 Å². The minimum Gasteiger partial charge on any atom is -0.380 e. The van der Waals surface area contributed by atoms with Crippen LogP contribution in [0.25, 0.3) is 11.0 Å². The molecule has 29 heavy (non-hydrogen) atoms. The second-order valence-corrected chi connectivity index (χ2v) is 8.35. The van der Waals surface area contributed by atoms with Gasteiger partial charge in [-0.05, 0) is 43.9 Å². The van der Waals surface area contributed by atoms with Crippen molar-refractivity contribution in [3.63, 3.8) is 0 Å². The van der Waals surface area contributed by atoms with Crippen LogP contribution in [0.1, 0.15) is 54.4 Å². The van der Waals surface area contributed by atoms with Crippen LogP contribution in [0.4, 0.5) is 5.69 Å². The minimum absolute atomic E-state index is 0.0593. The molecular formula is C23H29N5O. The van der Waals surface area contributed by atoms with Gasteiger partial charge in [0.05, 0.1) is 16.6 Å². The number of amides is 1. The number of carbonyl (C=O) groups excluding carboxylic acids is 1. The minimum atomic E-state index is -0.0593. The highest BCUT2D eigenvalue weighted by atomic mass is 16.1. The number of para-hydroxylation sites is 1. The van der Waals surface area contributed by atoms with Crippen molar-refractivity contribution < 1.29 is 4.79 Å². The first-order valence-corrected chi connectivity index (χ1v) is 10.4. The fourth-order valence-electron chi connectivity index (χ4n) is 3.73. The van der Waals surface area contributed by atoms with Crippen LogP contribution >= 0.6 is 0 Å². The van der Waals surface area contributed by atoms with Crippen molar-refractivity contribution >= 4 is 22.6 Å². The Hall–Kier alpha value is -2.89. The Morgan fingerprint density at radius 1 is 1.24 bits per heavy atom. The molecule has 1 saturated carbocycles. The molecule has 0 radical (unpaired) electrons. The van der Waals surface area contributed by atoms with Crippen molar-refractivity contribution in [2.45, 2.75) is 45.6 Å². The molecule has 2 heterocycles. The highest BCUT2D eigenvalue weighted by Gasteiger charge is 2.28. The summed E-state index contributed by atoms with van der Waals surface area (Å²) in [6, 6.07) is 12.2. The normalized spacial score (nSPS) is 14.9. The first-order chi connectivity index (χ1) is 13.9. The molecule has 0 saturated heterocycles. The van der Waals surface area contributed by atoms with Gasteiger partial charge in [0.15, 0.2) is 5.65 Å². The van der Waals surface area contributed by atoms with Crippen molar-refractivity contribution in [2.75, 3.05) is 11.9 Å². The fourth-order valence-corrected chi connectivity index (χ4v) is 3.73. The molecule has 4 rings (SSSR count). The summed E-state index contributed by atoms with van der Waals surface area (Å²) in [4.78, 5) is 18.0. The molecule has 152 valence electrons. The van der Waals surface area contributed by atoms with Crippen LogP contribution in [-0.2, 0) is 7.05 Å². The Kier molecular flexibility index (Phi) is 5.26. The number of fused-ring (bicyclic) bond motifs is 1. The average molecular weight is 392 g/mol. The van der Waals surface area contributed by atoms with Crippen LogP contribution < -0.4 is 10.6 Å². The van der Waals surface area contributed by atoms with Crippen molar-refractivity contribution in [2.24, 2.45) is 13.0 Å². The van der Waals surface area contributed by atoms with E-state index < -0.39 is 0 Å². The number of nitrogens with zero attached hydrogens (tertiary/aromatic N) is 3. The van der Waals surface area contributed by atoms with Crippen LogP contribution in [0.15, 0.2) is 36.4 Å². The van der Waals surface area contributed by atoms with Crippen molar-refractivity contribution in [3.8, 4) is 0 Å². The van der Waals surface area contributed by atoms with Crippen molar-refractivity contribution in [3.05, 3.63) is 53.3 Å². The van der Waals surface area contributed by atoms with Gasteiger partial charge in [0, 0.05) is 36.9 Å². The second kappa shape index (κ2) is 7.85. The first-order valence-electron chi connectivity index (χ1n) is 10.4. The number of aromatic nitrogens is 3. The van der Waals surface area contributed by atoms with E-state index in [4.69, 9.17) is 4.98 Å². The van der Waals surface area contributed by atoms with Gasteiger partial charge in [0.2, 0.25) is 0 Å². The fraction of sp³-hybridized carbons (Fsp3) is 0.435. The Labute approximate surface area is 171 Å². The number of benzene rings is 1. The van der Waals surface area contributed by atoms with Crippen LogP contribution in [0.3, 0.4) is 0 Å². The first kappa shape index (κ1) is 19.4. The third-order valence-corrected chi connectivity index (χ3v) is 5.64. The van der Waals surface area contributed by atoms with Crippen LogP contribution in [0, 0.1) is 12.8 Å². The van der Waals surface area contributed by atoms with E-state index in [2.05, 4.69) is 29.6 Å². The Morgan fingerprint density at radius 2 is 1.97 bits per heavy atom. The summed E-state index contributed by atoms with van der Waals surface area (Å²) in [5.41, 5.74) is 4.38. The van der Waals surface area contributed by atoms with Gasteiger partial charge in [-0.15, -0.1) is 0 Å². The van der Waals surface area contributed by atoms with Crippen molar-refractivity contribution in [1.82, 2.24) is 20.1 Å². The third kappa shape index (κ3) is 4.11. The zero-order valence-electron chi connectivity index (χ0n) is 17.6. The highest BCUT2D eigenvalue weighted by molar-refractivity contribution is 6.06. The number of carbonyl (C=O) groups is 1. The maximum atomic E-state index is 13.2. The molecule has 1 aromatic carbocycles. The smallest absolute Gasteiger partial charge is 0.252 e. The largest absolute Gasteiger partial charge is 0.380 e. The summed E-state index contributed by atoms with van der Waals surface area (Å²) in [5, 5.41) is 12.0. The van der Waals surface area contributed by atoms with Gasteiger partial charge in [0.25, 0.3) is 5.91 Å². The Balaban J connectivity index is 1.56. The SMILES string of the molecule is Cc1nn(C)c2nc(C3CC3)cc(C(=O)NC[C@@H](Nc3ccccc3)C(C)C)c12. The van der Waals surface area contributed by atoms with E-state index in [9.17, 15) is 4.79 Å². The number of hydrogen-bond donors (Lipinski definition) is 2. The molecule has 2 N–H and O–H groups in total. The number of anilines is 1. The maximum Gasteiger partial charge on any atom is 0.252 e. The molecule has 0 unspecified atom stereocenters. The maximum absolute atomic E-state index is 13.2. The molecule has 6 nitrogen and oxygen atoms in total. The van der Waals surface area contributed by atoms with E-state index in [1.54, 1.807) is 4.68 Å². The number of pyridine rings is 1. The number of hydrogen-bond acceptors (Lipinski definition) is 4. The predicted octanol–water partition coefficient (Wildman–Crippen LogP) is 4.02. The molecule has 1 fully saturated rings.